The summed E-state index contributed by atoms with van der Waals surface area (Å²) in [4.78, 5) is 58.1. The predicted molar refractivity (Wildman–Crippen MR) is 149 cm³/mol. The number of carboxylic acid groups (broad SMARTS) is 1. The lowest BCUT2D eigenvalue weighted by Crippen LogP contribution is -2.57. The minimum absolute atomic E-state index is 0.0810. The van der Waals surface area contributed by atoms with Crippen LogP contribution >= 0.6 is 11.8 Å². The molecule has 15 nitrogen and oxygen atoms in total. The fourth-order valence-corrected chi connectivity index (χ4v) is 3.62. The minimum Gasteiger partial charge on any atom is -0.480 e. The third-order valence-electron chi connectivity index (χ3n) is 5.40. The Morgan fingerprint density at radius 3 is 1.61 bits per heavy atom. The Morgan fingerprint density at radius 2 is 1.18 bits per heavy atom. The summed E-state index contributed by atoms with van der Waals surface area (Å²) in [5.41, 5.74) is 27.1. The number of rotatable bonds is 19. The quantitative estimate of drug-likeness (QED) is 0.0447. The Morgan fingerprint density at radius 1 is 0.763 bits per heavy atom. The summed E-state index contributed by atoms with van der Waals surface area (Å²) < 4.78 is 0. The zero-order valence-corrected chi connectivity index (χ0v) is 23.1. The number of aliphatic imine (C=N–C) groups is 2. The van der Waals surface area contributed by atoms with Gasteiger partial charge in [0.1, 0.15) is 18.1 Å². The van der Waals surface area contributed by atoms with Crippen LogP contribution in [-0.2, 0) is 19.2 Å². The number of nitrogens with one attached hydrogen (secondary N) is 3. The molecule has 0 aromatic rings. The van der Waals surface area contributed by atoms with Crippen molar-refractivity contribution < 1.29 is 24.3 Å². The third kappa shape index (κ3) is 15.1. The summed E-state index contributed by atoms with van der Waals surface area (Å²) in [5.74, 6) is -2.89. The molecule has 0 heterocycles. The number of nitrogens with two attached hydrogens (primary N) is 5. The van der Waals surface area contributed by atoms with E-state index in [1.165, 1.54) is 11.8 Å². The van der Waals surface area contributed by atoms with Crippen LogP contribution in [0.3, 0.4) is 0 Å². The highest BCUT2D eigenvalue weighted by atomic mass is 32.2. The largest absolute Gasteiger partial charge is 0.480 e. The number of carbonyl (C=O) groups is 4. The van der Waals surface area contributed by atoms with Gasteiger partial charge in [-0.25, -0.2) is 4.79 Å². The van der Waals surface area contributed by atoms with Crippen molar-refractivity contribution in [2.45, 2.75) is 70.1 Å². The highest BCUT2D eigenvalue weighted by Gasteiger charge is 2.30. The summed E-state index contributed by atoms with van der Waals surface area (Å²) in [5, 5.41) is 17.3. The van der Waals surface area contributed by atoms with Crippen LogP contribution < -0.4 is 44.6 Å². The van der Waals surface area contributed by atoms with Crippen LogP contribution in [0.5, 0.6) is 0 Å². The number of amides is 3. The minimum atomic E-state index is -1.23. The topological polar surface area (TPSA) is 279 Å². The number of carbonyl (C=O) groups excluding carboxylic acids is 3. The van der Waals surface area contributed by atoms with E-state index in [9.17, 15) is 24.3 Å². The lowest BCUT2D eigenvalue weighted by Gasteiger charge is -2.25. The van der Waals surface area contributed by atoms with Gasteiger partial charge in [-0.2, -0.15) is 11.8 Å². The highest BCUT2D eigenvalue weighted by Crippen LogP contribution is 2.07. The van der Waals surface area contributed by atoms with Crippen molar-refractivity contribution in [1.82, 2.24) is 16.0 Å². The molecule has 4 atom stereocenters. The van der Waals surface area contributed by atoms with Crippen LogP contribution in [-0.4, -0.2) is 90.0 Å². The number of nitrogens with zero attached hydrogens (tertiary/aromatic N) is 2. The Kier molecular flexibility index (Phi) is 17.3. The summed E-state index contributed by atoms with van der Waals surface area (Å²) >= 11 is 1.45. The van der Waals surface area contributed by atoms with Crippen LogP contribution in [0.2, 0.25) is 0 Å². The van der Waals surface area contributed by atoms with Gasteiger partial charge in [0.15, 0.2) is 11.9 Å². The molecule has 0 saturated carbocycles. The fraction of sp³-hybridized carbons (Fsp3) is 0.727. The van der Waals surface area contributed by atoms with E-state index in [1.807, 2.05) is 6.26 Å². The van der Waals surface area contributed by atoms with Crippen molar-refractivity contribution in [1.29, 1.82) is 0 Å². The van der Waals surface area contributed by atoms with E-state index in [0.29, 0.717) is 18.6 Å². The number of aliphatic carboxylic acids is 1. The molecule has 0 aromatic heterocycles. The standard InChI is InChI=1S/C22H44N10O5S/c1-12(2)16(23)19(35)31-13(6-4-9-28-21(24)25)17(33)30-14(8-11-38-3)18(34)32-15(20(36)37)7-5-10-29-22(26)27/h12-16H,4-11,23H2,1-3H3,(H,30,33)(H,31,35)(H,32,34)(H,36,37)(H4,24,25,28)(H4,26,27,29). The summed E-state index contributed by atoms with van der Waals surface area (Å²) in [6, 6.07) is -4.09. The van der Waals surface area contributed by atoms with Crippen LogP contribution in [0.15, 0.2) is 9.98 Å². The van der Waals surface area contributed by atoms with Gasteiger partial charge < -0.3 is 49.7 Å². The molecule has 0 spiro atoms. The van der Waals surface area contributed by atoms with Gasteiger partial charge >= 0.3 is 5.97 Å². The van der Waals surface area contributed by atoms with Gasteiger partial charge in [-0.05, 0) is 50.0 Å². The average molecular weight is 561 g/mol. The first kappa shape index (κ1) is 34.7. The van der Waals surface area contributed by atoms with Gasteiger partial charge in [0.2, 0.25) is 17.7 Å². The van der Waals surface area contributed by atoms with E-state index >= 15 is 0 Å². The molecule has 38 heavy (non-hydrogen) atoms. The van der Waals surface area contributed by atoms with Crippen molar-refractivity contribution in [3.63, 3.8) is 0 Å². The lowest BCUT2D eigenvalue weighted by atomic mass is 10.0. The summed E-state index contributed by atoms with van der Waals surface area (Å²) in [6.07, 6.45) is 3.01. The smallest absolute Gasteiger partial charge is 0.326 e. The summed E-state index contributed by atoms with van der Waals surface area (Å²) in [6.45, 7) is 3.98. The van der Waals surface area contributed by atoms with Crippen molar-refractivity contribution in [2.75, 3.05) is 25.1 Å². The van der Waals surface area contributed by atoms with E-state index in [1.54, 1.807) is 13.8 Å². The first-order chi connectivity index (χ1) is 17.8. The number of carboxylic acids is 1. The lowest BCUT2D eigenvalue weighted by molar-refractivity contribution is -0.142. The summed E-state index contributed by atoms with van der Waals surface area (Å²) in [7, 11) is 0. The van der Waals surface area contributed by atoms with Crippen molar-refractivity contribution in [2.24, 2.45) is 44.6 Å². The zero-order chi connectivity index (χ0) is 29.3. The third-order valence-corrected chi connectivity index (χ3v) is 6.05. The van der Waals surface area contributed by atoms with Crippen molar-refractivity contribution in [3.8, 4) is 0 Å². The molecular weight excluding hydrogens is 516 g/mol. The van der Waals surface area contributed by atoms with Gasteiger partial charge in [-0.1, -0.05) is 13.8 Å². The second-order valence-electron chi connectivity index (χ2n) is 8.97. The molecule has 4 unspecified atom stereocenters. The molecule has 3 amide bonds. The molecular formula is C22H44N10O5S. The van der Waals surface area contributed by atoms with E-state index in [0.717, 1.165) is 0 Å². The van der Waals surface area contributed by atoms with E-state index in [2.05, 4.69) is 25.9 Å². The molecule has 0 aliphatic rings. The van der Waals surface area contributed by atoms with E-state index < -0.39 is 47.9 Å². The zero-order valence-electron chi connectivity index (χ0n) is 22.3. The molecule has 218 valence electrons. The molecule has 16 heteroatoms. The predicted octanol–water partition coefficient (Wildman–Crippen LogP) is -2.63. The Labute approximate surface area is 227 Å². The molecule has 0 bridgehead atoms. The second-order valence-corrected chi connectivity index (χ2v) is 9.96. The molecule has 0 fully saturated rings. The van der Waals surface area contributed by atoms with Gasteiger partial charge in [-0.3, -0.25) is 24.4 Å². The Bertz CT molecular complexity index is 831. The first-order valence-corrected chi connectivity index (χ1v) is 13.7. The first-order valence-electron chi connectivity index (χ1n) is 12.3. The second kappa shape index (κ2) is 18.9. The van der Waals surface area contributed by atoms with Crippen LogP contribution in [0.4, 0.5) is 0 Å². The number of hydrogen-bond acceptors (Lipinski definition) is 8. The monoisotopic (exact) mass is 560 g/mol. The van der Waals surface area contributed by atoms with Crippen LogP contribution in [0.25, 0.3) is 0 Å². The van der Waals surface area contributed by atoms with Gasteiger partial charge in [0, 0.05) is 13.1 Å². The number of guanidine groups is 2. The van der Waals surface area contributed by atoms with E-state index in [-0.39, 0.29) is 50.2 Å². The Balaban J connectivity index is 5.54. The molecule has 0 aromatic carbocycles. The maximum absolute atomic E-state index is 13.2. The van der Waals surface area contributed by atoms with E-state index in [4.69, 9.17) is 28.7 Å². The maximum Gasteiger partial charge on any atom is 0.326 e. The fourth-order valence-electron chi connectivity index (χ4n) is 3.15. The van der Waals surface area contributed by atoms with Gasteiger partial charge in [-0.15, -0.1) is 0 Å². The molecule has 0 aliphatic heterocycles. The molecule has 0 saturated heterocycles. The molecule has 0 aliphatic carbocycles. The molecule has 0 rings (SSSR count). The maximum atomic E-state index is 13.2. The van der Waals surface area contributed by atoms with Crippen LogP contribution in [0, 0.1) is 5.92 Å². The average Bonchev–Trinajstić information content (AvgIpc) is 2.83. The number of hydrogen-bond donors (Lipinski definition) is 9. The van der Waals surface area contributed by atoms with Crippen molar-refractivity contribution >= 4 is 47.4 Å². The SMILES string of the molecule is CSCCC(NC(=O)C(CCCN=C(N)N)NC(=O)C(N)C(C)C)C(=O)NC(CCCN=C(N)N)C(=O)O. The number of thioether (sulfide) groups is 1. The van der Waals surface area contributed by atoms with Gasteiger partial charge in [0.25, 0.3) is 0 Å². The molecule has 14 N–H and O–H groups in total. The highest BCUT2D eigenvalue weighted by molar-refractivity contribution is 7.98. The van der Waals surface area contributed by atoms with Gasteiger partial charge in [0.05, 0.1) is 6.04 Å². The molecule has 0 radical (unpaired) electrons. The normalized spacial score (nSPS) is 13.9. The van der Waals surface area contributed by atoms with Crippen molar-refractivity contribution in [3.05, 3.63) is 0 Å². The Hall–Kier alpha value is -3.27. The van der Waals surface area contributed by atoms with Crippen LogP contribution in [0.1, 0.15) is 46.0 Å².